The molecule has 1 amide bonds. The Morgan fingerprint density at radius 1 is 1.33 bits per heavy atom. The minimum atomic E-state index is -0.359. The van der Waals surface area contributed by atoms with Crippen LogP contribution in [-0.4, -0.2) is 32.4 Å². The van der Waals surface area contributed by atoms with Crippen molar-refractivity contribution in [3.05, 3.63) is 52.0 Å². The third-order valence-corrected chi connectivity index (χ3v) is 4.48. The number of carbonyl (C=O) groups is 1. The van der Waals surface area contributed by atoms with E-state index in [1.54, 1.807) is 12.1 Å². The Balaban J connectivity index is 1.42. The van der Waals surface area contributed by atoms with E-state index in [-0.39, 0.29) is 30.7 Å². The number of nitrogens with zero attached hydrogens (tertiary/aromatic N) is 4. The highest BCUT2D eigenvalue weighted by Crippen LogP contribution is 2.26. The Hall–Kier alpha value is -3.07. The zero-order valence-electron chi connectivity index (χ0n) is 14.8. The summed E-state index contributed by atoms with van der Waals surface area (Å²) in [5.74, 6) is 0.436. The summed E-state index contributed by atoms with van der Waals surface area (Å²) < 4.78 is 11.8. The Kier molecular flexibility index (Phi) is 4.68. The molecule has 1 saturated heterocycles. The van der Waals surface area contributed by atoms with Crippen LogP contribution in [0.2, 0.25) is 0 Å². The minimum absolute atomic E-state index is 0.108. The fourth-order valence-corrected chi connectivity index (χ4v) is 3.12. The molecule has 9 heteroatoms. The number of carbonyl (C=O) groups excluding carboxylic acids is 1. The van der Waals surface area contributed by atoms with Crippen LogP contribution in [0, 0.1) is 6.92 Å². The van der Waals surface area contributed by atoms with E-state index in [0.29, 0.717) is 29.4 Å². The van der Waals surface area contributed by atoms with E-state index in [1.165, 1.54) is 4.68 Å². The van der Waals surface area contributed by atoms with Crippen LogP contribution in [0.5, 0.6) is 0 Å². The maximum atomic E-state index is 12.5. The summed E-state index contributed by atoms with van der Waals surface area (Å²) in [7, 11) is 0. The van der Waals surface area contributed by atoms with Crippen LogP contribution in [0.1, 0.15) is 36.4 Å². The highest BCUT2D eigenvalue weighted by atomic mass is 16.5. The van der Waals surface area contributed by atoms with Gasteiger partial charge in [-0.3, -0.25) is 9.59 Å². The molecule has 0 unspecified atom stereocenters. The van der Waals surface area contributed by atoms with Crippen LogP contribution in [-0.2, 0) is 22.6 Å². The molecule has 1 fully saturated rings. The van der Waals surface area contributed by atoms with Crippen molar-refractivity contribution in [3.63, 3.8) is 0 Å². The number of ether oxygens (including phenoxy) is 1. The largest absolute Gasteiger partial charge is 0.368 e. The molecule has 0 saturated carbocycles. The molecule has 0 aliphatic carbocycles. The Bertz CT molecular complexity index is 1040. The molecule has 2 aromatic heterocycles. The summed E-state index contributed by atoms with van der Waals surface area (Å²) in [5, 5.41) is 12.1. The van der Waals surface area contributed by atoms with Crippen molar-refractivity contribution in [1.82, 2.24) is 25.2 Å². The van der Waals surface area contributed by atoms with Crippen LogP contribution in [0.25, 0.3) is 10.8 Å². The number of fused-ring (bicyclic) bond motifs is 1. The van der Waals surface area contributed by atoms with E-state index in [1.807, 2.05) is 19.1 Å². The van der Waals surface area contributed by atoms with Gasteiger partial charge in [0, 0.05) is 12.0 Å². The predicted molar refractivity (Wildman–Crippen MR) is 94.8 cm³/mol. The number of rotatable bonds is 5. The topological polar surface area (TPSA) is 112 Å². The van der Waals surface area contributed by atoms with Gasteiger partial charge in [-0.1, -0.05) is 23.4 Å². The summed E-state index contributed by atoms with van der Waals surface area (Å²) >= 11 is 0. The first-order valence-electron chi connectivity index (χ1n) is 8.79. The predicted octanol–water partition coefficient (Wildman–Crippen LogP) is 1.26. The molecule has 0 radical (unpaired) electrons. The second kappa shape index (κ2) is 7.28. The summed E-state index contributed by atoms with van der Waals surface area (Å²) in [5.41, 5.74) is 0.393. The number of benzene rings is 1. The first-order valence-corrected chi connectivity index (χ1v) is 8.79. The van der Waals surface area contributed by atoms with Gasteiger partial charge in [0.1, 0.15) is 12.6 Å². The molecule has 1 aliphatic heterocycles. The molecule has 1 aliphatic rings. The Labute approximate surface area is 154 Å². The molecular weight excluding hydrogens is 350 g/mol. The van der Waals surface area contributed by atoms with Crippen molar-refractivity contribution in [1.29, 1.82) is 0 Å². The van der Waals surface area contributed by atoms with Crippen molar-refractivity contribution in [3.8, 4) is 0 Å². The molecule has 27 heavy (non-hydrogen) atoms. The Morgan fingerprint density at radius 3 is 2.93 bits per heavy atom. The first kappa shape index (κ1) is 17.3. The number of aryl methyl sites for hydroxylation is 1. The SMILES string of the molecule is Cc1nn(CC(=O)NCc2noc([C@H]3CCCO3)n2)c(=O)c2ccccc12. The van der Waals surface area contributed by atoms with Crippen molar-refractivity contribution in [2.75, 3.05) is 6.61 Å². The third kappa shape index (κ3) is 3.59. The van der Waals surface area contributed by atoms with E-state index < -0.39 is 0 Å². The fraction of sp³-hybridized carbons (Fsp3) is 0.389. The van der Waals surface area contributed by atoms with Crippen LogP contribution in [0.15, 0.2) is 33.6 Å². The molecule has 1 atom stereocenters. The molecule has 9 nitrogen and oxygen atoms in total. The van der Waals surface area contributed by atoms with Crippen molar-refractivity contribution < 1.29 is 14.1 Å². The highest BCUT2D eigenvalue weighted by molar-refractivity contribution is 5.83. The molecular formula is C18H19N5O4. The second-order valence-electron chi connectivity index (χ2n) is 6.42. The van der Waals surface area contributed by atoms with Gasteiger partial charge in [-0.05, 0) is 25.8 Å². The third-order valence-electron chi connectivity index (χ3n) is 4.48. The van der Waals surface area contributed by atoms with Crippen LogP contribution < -0.4 is 10.9 Å². The Morgan fingerprint density at radius 2 is 2.15 bits per heavy atom. The van der Waals surface area contributed by atoms with E-state index in [9.17, 15) is 9.59 Å². The van der Waals surface area contributed by atoms with Gasteiger partial charge in [-0.25, -0.2) is 4.68 Å². The van der Waals surface area contributed by atoms with Crippen molar-refractivity contribution >= 4 is 16.7 Å². The number of nitrogens with one attached hydrogen (secondary N) is 1. The smallest absolute Gasteiger partial charge is 0.275 e. The van der Waals surface area contributed by atoms with Gasteiger partial charge in [0.25, 0.3) is 11.4 Å². The summed E-state index contributed by atoms with van der Waals surface area (Å²) in [4.78, 5) is 29.0. The molecule has 0 spiro atoms. The zero-order valence-corrected chi connectivity index (χ0v) is 14.8. The van der Waals surface area contributed by atoms with Gasteiger partial charge < -0.3 is 14.6 Å². The molecule has 3 aromatic rings. The van der Waals surface area contributed by atoms with Gasteiger partial charge >= 0.3 is 0 Å². The van der Waals surface area contributed by atoms with E-state index in [2.05, 4.69) is 20.6 Å². The lowest BCUT2D eigenvalue weighted by Crippen LogP contribution is -2.34. The van der Waals surface area contributed by atoms with Crippen molar-refractivity contribution in [2.45, 2.75) is 39.0 Å². The lowest BCUT2D eigenvalue weighted by Gasteiger charge is -2.08. The zero-order chi connectivity index (χ0) is 18.8. The molecule has 1 aromatic carbocycles. The molecule has 140 valence electrons. The number of hydrogen-bond acceptors (Lipinski definition) is 7. The number of hydrogen-bond donors (Lipinski definition) is 1. The van der Waals surface area contributed by atoms with Gasteiger partial charge in [-0.15, -0.1) is 0 Å². The lowest BCUT2D eigenvalue weighted by molar-refractivity contribution is -0.122. The van der Waals surface area contributed by atoms with Crippen LogP contribution >= 0.6 is 0 Å². The fourth-order valence-electron chi connectivity index (χ4n) is 3.12. The van der Waals surface area contributed by atoms with Crippen LogP contribution in [0.3, 0.4) is 0 Å². The number of aromatic nitrogens is 4. The van der Waals surface area contributed by atoms with Gasteiger partial charge in [-0.2, -0.15) is 10.1 Å². The van der Waals surface area contributed by atoms with E-state index in [4.69, 9.17) is 9.26 Å². The standard InChI is InChI=1S/C18H19N5O4/c1-11-12-5-2-3-6-13(12)18(25)23(21-11)10-16(24)19-9-15-20-17(27-22-15)14-7-4-8-26-14/h2-3,5-6,14H,4,7-10H2,1H3,(H,19,24)/t14-/m1/s1. The van der Waals surface area contributed by atoms with Gasteiger partial charge in [0.2, 0.25) is 5.91 Å². The highest BCUT2D eigenvalue weighted by Gasteiger charge is 2.23. The monoisotopic (exact) mass is 369 g/mol. The molecule has 4 rings (SSSR count). The second-order valence-corrected chi connectivity index (χ2v) is 6.42. The summed E-state index contributed by atoms with van der Waals surface area (Å²) in [6, 6.07) is 7.21. The van der Waals surface area contributed by atoms with Crippen LogP contribution in [0.4, 0.5) is 0 Å². The van der Waals surface area contributed by atoms with Crippen molar-refractivity contribution in [2.24, 2.45) is 0 Å². The minimum Gasteiger partial charge on any atom is -0.368 e. The maximum absolute atomic E-state index is 12.5. The maximum Gasteiger partial charge on any atom is 0.275 e. The van der Waals surface area contributed by atoms with E-state index in [0.717, 1.165) is 18.2 Å². The van der Waals surface area contributed by atoms with Gasteiger partial charge in [0.05, 0.1) is 17.6 Å². The first-order chi connectivity index (χ1) is 13.1. The normalized spacial score (nSPS) is 16.7. The number of amides is 1. The van der Waals surface area contributed by atoms with Gasteiger partial charge in [0.15, 0.2) is 5.82 Å². The molecule has 1 N–H and O–H groups in total. The lowest BCUT2D eigenvalue weighted by atomic mass is 10.1. The summed E-state index contributed by atoms with van der Waals surface area (Å²) in [6.07, 6.45) is 1.65. The molecule has 3 heterocycles. The van der Waals surface area contributed by atoms with E-state index >= 15 is 0 Å². The average Bonchev–Trinajstić information content (AvgIpc) is 3.36. The molecule has 0 bridgehead atoms. The summed E-state index contributed by atoms with van der Waals surface area (Å²) in [6.45, 7) is 2.42. The average molecular weight is 369 g/mol. The quantitative estimate of drug-likeness (QED) is 0.720.